The number of hydrogen-bond acceptors (Lipinski definition) is 6. The largest absolute Gasteiger partial charge is 0.497 e. The van der Waals surface area contributed by atoms with Crippen molar-refractivity contribution in [1.82, 2.24) is 9.80 Å². The summed E-state index contributed by atoms with van der Waals surface area (Å²) in [6, 6.07) is 17.8. The van der Waals surface area contributed by atoms with Crippen molar-refractivity contribution in [3.63, 3.8) is 0 Å². The molecule has 3 unspecified atom stereocenters. The summed E-state index contributed by atoms with van der Waals surface area (Å²) in [6.07, 6.45) is 6.57. The number of carbonyl (C=O) groups excluding carboxylic acids is 1. The van der Waals surface area contributed by atoms with Gasteiger partial charge in [-0.25, -0.2) is 0 Å². The highest BCUT2D eigenvalue weighted by atomic mass is 16.6. The summed E-state index contributed by atoms with van der Waals surface area (Å²) in [4.78, 5) is 18.7. The third-order valence-electron chi connectivity index (χ3n) is 7.77. The number of carbonyl (C=O) groups is 1. The van der Waals surface area contributed by atoms with Gasteiger partial charge in [0.25, 0.3) is 0 Å². The first-order valence-electron chi connectivity index (χ1n) is 13.5. The van der Waals surface area contributed by atoms with E-state index >= 15 is 0 Å². The summed E-state index contributed by atoms with van der Waals surface area (Å²) >= 11 is 0. The molecule has 0 aromatic heterocycles. The molecule has 1 aliphatic heterocycles. The van der Waals surface area contributed by atoms with Crippen molar-refractivity contribution in [2.45, 2.75) is 63.2 Å². The van der Waals surface area contributed by atoms with Crippen LogP contribution in [0.25, 0.3) is 0 Å². The molecule has 1 saturated heterocycles. The van der Waals surface area contributed by atoms with Crippen molar-refractivity contribution in [3.8, 4) is 5.75 Å². The first-order chi connectivity index (χ1) is 17.6. The fourth-order valence-electron chi connectivity index (χ4n) is 5.38. The van der Waals surface area contributed by atoms with Crippen molar-refractivity contribution >= 4 is 5.97 Å². The molecule has 196 valence electrons. The van der Waals surface area contributed by atoms with Crippen LogP contribution in [0.15, 0.2) is 54.6 Å². The third-order valence-corrected chi connectivity index (χ3v) is 7.77. The van der Waals surface area contributed by atoms with Gasteiger partial charge in [-0.3, -0.25) is 9.69 Å². The Morgan fingerprint density at radius 2 is 1.64 bits per heavy atom. The van der Waals surface area contributed by atoms with Crippen LogP contribution in [0.2, 0.25) is 0 Å². The minimum absolute atomic E-state index is 0.181. The highest BCUT2D eigenvalue weighted by molar-refractivity contribution is 5.88. The topological polar surface area (TPSA) is 51.2 Å². The average molecular weight is 495 g/mol. The molecule has 6 heteroatoms. The number of benzene rings is 2. The predicted molar refractivity (Wildman–Crippen MR) is 142 cm³/mol. The van der Waals surface area contributed by atoms with Gasteiger partial charge in [0, 0.05) is 38.9 Å². The number of piperazine rings is 1. The van der Waals surface area contributed by atoms with Gasteiger partial charge in [0.1, 0.15) is 11.2 Å². The highest BCUT2D eigenvalue weighted by Crippen LogP contribution is 2.52. The molecule has 2 fully saturated rings. The van der Waals surface area contributed by atoms with Crippen LogP contribution >= 0.6 is 0 Å². The van der Waals surface area contributed by atoms with E-state index in [1.165, 1.54) is 32.1 Å². The minimum Gasteiger partial charge on any atom is -0.497 e. The van der Waals surface area contributed by atoms with Gasteiger partial charge < -0.3 is 19.1 Å². The van der Waals surface area contributed by atoms with Crippen LogP contribution in [0.1, 0.15) is 62.8 Å². The molecule has 3 atom stereocenters. The fraction of sp³-hybridized carbons (Fsp3) is 0.567. The van der Waals surface area contributed by atoms with Crippen LogP contribution in [0, 0.1) is 0 Å². The van der Waals surface area contributed by atoms with Gasteiger partial charge in [-0.05, 0) is 37.1 Å². The van der Waals surface area contributed by atoms with Gasteiger partial charge in [-0.15, -0.1) is 0 Å². The van der Waals surface area contributed by atoms with Crippen LogP contribution in [0.4, 0.5) is 0 Å². The Labute approximate surface area is 216 Å². The van der Waals surface area contributed by atoms with Gasteiger partial charge in [0.2, 0.25) is 0 Å². The van der Waals surface area contributed by atoms with E-state index in [9.17, 15) is 4.79 Å². The molecule has 0 bridgehead atoms. The van der Waals surface area contributed by atoms with Crippen LogP contribution in [-0.2, 0) is 19.7 Å². The first-order valence-corrected chi connectivity index (χ1v) is 13.5. The molecule has 1 aliphatic carbocycles. The number of unbranched alkanes of at least 4 members (excludes halogenated alkanes) is 4. The lowest BCUT2D eigenvalue weighted by Crippen LogP contribution is -2.49. The second-order valence-electron chi connectivity index (χ2n) is 10.1. The number of nitrogens with zero attached hydrogens (tertiary/aromatic N) is 2. The number of ether oxygens (including phenoxy) is 3. The standard InChI is InChI=1S/C30H42N2O4/c1-4-5-6-7-11-18-31-19-21-32(22-20-31)28(24-12-9-8-10-13-24)36-29(33)30(23-27(30)35-3)25-14-16-26(34-2)17-15-25/h8-10,12-17,27-28H,4-7,11,18-23H2,1-3H3. The second-order valence-corrected chi connectivity index (χ2v) is 10.1. The number of esters is 1. The van der Waals surface area contributed by atoms with Gasteiger partial charge >= 0.3 is 5.97 Å². The molecule has 2 aromatic rings. The van der Waals surface area contributed by atoms with Crippen molar-refractivity contribution in [2.75, 3.05) is 46.9 Å². The lowest BCUT2D eigenvalue weighted by Gasteiger charge is -2.39. The van der Waals surface area contributed by atoms with Gasteiger partial charge in [-0.1, -0.05) is 75.1 Å². The Morgan fingerprint density at radius 1 is 0.944 bits per heavy atom. The number of rotatable bonds is 13. The van der Waals surface area contributed by atoms with E-state index in [1.807, 2.05) is 42.5 Å². The van der Waals surface area contributed by atoms with E-state index in [0.717, 1.165) is 49.6 Å². The summed E-state index contributed by atoms with van der Waals surface area (Å²) in [6.45, 7) is 7.17. The maximum Gasteiger partial charge on any atom is 0.321 e. The molecular weight excluding hydrogens is 452 g/mol. The van der Waals surface area contributed by atoms with Crippen molar-refractivity contribution in [3.05, 3.63) is 65.7 Å². The van der Waals surface area contributed by atoms with E-state index in [4.69, 9.17) is 14.2 Å². The van der Waals surface area contributed by atoms with Gasteiger partial charge in [0.15, 0.2) is 6.23 Å². The van der Waals surface area contributed by atoms with Crippen LogP contribution in [-0.4, -0.2) is 68.8 Å². The summed E-state index contributed by atoms with van der Waals surface area (Å²) in [7, 11) is 3.31. The maximum absolute atomic E-state index is 13.8. The lowest BCUT2D eigenvalue weighted by molar-refractivity contribution is -0.166. The molecule has 0 radical (unpaired) electrons. The van der Waals surface area contributed by atoms with E-state index in [-0.39, 0.29) is 12.1 Å². The van der Waals surface area contributed by atoms with Gasteiger partial charge in [0.05, 0.1) is 13.2 Å². The summed E-state index contributed by atoms with van der Waals surface area (Å²) in [5.41, 5.74) is 1.16. The monoisotopic (exact) mass is 494 g/mol. The number of hydrogen-bond donors (Lipinski definition) is 0. The van der Waals surface area contributed by atoms with E-state index in [1.54, 1.807) is 14.2 Å². The minimum atomic E-state index is -0.769. The Hall–Kier alpha value is -2.41. The Bertz CT molecular complexity index is 943. The fourth-order valence-corrected chi connectivity index (χ4v) is 5.38. The zero-order valence-corrected chi connectivity index (χ0v) is 22.2. The molecular formula is C30H42N2O4. The zero-order chi connectivity index (χ0) is 25.4. The molecule has 0 N–H and O–H groups in total. The first kappa shape index (κ1) is 26.6. The molecule has 2 aromatic carbocycles. The van der Waals surface area contributed by atoms with Gasteiger partial charge in [-0.2, -0.15) is 0 Å². The molecule has 0 amide bonds. The normalized spacial score (nSPS) is 23.2. The summed E-state index contributed by atoms with van der Waals surface area (Å²) < 4.78 is 17.3. The maximum atomic E-state index is 13.8. The zero-order valence-electron chi connectivity index (χ0n) is 22.2. The van der Waals surface area contributed by atoms with E-state index in [0.29, 0.717) is 6.42 Å². The molecule has 1 saturated carbocycles. The molecule has 1 heterocycles. The van der Waals surface area contributed by atoms with Crippen molar-refractivity contribution in [1.29, 1.82) is 0 Å². The molecule has 4 rings (SSSR count). The smallest absolute Gasteiger partial charge is 0.321 e. The van der Waals surface area contributed by atoms with E-state index in [2.05, 4.69) is 28.9 Å². The summed E-state index contributed by atoms with van der Waals surface area (Å²) in [5.74, 6) is 0.550. The lowest BCUT2D eigenvalue weighted by atomic mass is 9.95. The van der Waals surface area contributed by atoms with E-state index < -0.39 is 11.6 Å². The average Bonchev–Trinajstić information content (AvgIpc) is 3.68. The van der Waals surface area contributed by atoms with Crippen LogP contribution in [0.5, 0.6) is 5.75 Å². The van der Waals surface area contributed by atoms with Crippen LogP contribution < -0.4 is 4.74 Å². The predicted octanol–water partition coefficient (Wildman–Crippen LogP) is 5.18. The molecule has 0 spiro atoms. The van der Waals surface area contributed by atoms with Crippen LogP contribution in [0.3, 0.4) is 0 Å². The van der Waals surface area contributed by atoms with Crippen molar-refractivity contribution < 1.29 is 19.0 Å². The second kappa shape index (κ2) is 12.7. The third kappa shape index (κ3) is 6.10. The SMILES string of the molecule is CCCCCCCN1CCN(C(OC(=O)C2(c3ccc(OC)cc3)CC2OC)c2ccccc2)CC1. The Kier molecular flexibility index (Phi) is 9.41. The molecule has 6 nitrogen and oxygen atoms in total. The summed E-state index contributed by atoms with van der Waals surface area (Å²) in [5, 5.41) is 0. The molecule has 36 heavy (non-hydrogen) atoms. The Balaban J connectivity index is 1.44. The number of methoxy groups -OCH3 is 2. The quantitative estimate of drug-likeness (QED) is 0.282. The highest BCUT2D eigenvalue weighted by Gasteiger charge is 2.64. The Morgan fingerprint density at radius 3 is 2.25 bits per heavy atom. The molecule has 2 aliphatic rings. The van der Waals surface area contributed by atoms with Crippen molar-refractivity contribution in [2.24, 2.45) is 0 Å².